The van der Waals surface area contributed by atoms with Crippen LogP contribution in [0.2, 0.25) is 0 Å². The third-order valence-corrected chi connectivity index (χ3v) is 8.36. The molecule has 1 unspecified atom stereocenters. The summed E-state index contributed by atoms with van der Waals surface area (Å²) >= 11 is 0. The molecule has 4 nitrogen and oxygen atoms in total. The summed E-state index contributed by atoms with van der Waals surface area (Å²) in [6.07, 6.45) is -12.7. The van der Waals surface area contributed by atoms with Crippen molar-refractivity contribution in [2.24, 2.45) is 0 Å². The Kier molecular flexibility index (Phi) is 13.8. The van der Waals surface area contributed by atoms with Gasteiger partial charge in [-0.1, -0.05) is 0 Å². The second-order valence-corrected chi connectivity index (χ2v) is 13.1. The van der Waals surface area contributed by atoms with Gasteiger partial charge in [0.15, 0.2) is 5.44 Å². The Morgan fingerprint density at radius 1 is 0.274 bits per heavy atom. The number of aliphatic hydroxyl groups excluding tert-OH is 1. The molecule has 0 fully saturated rings. The van der Waals surface area contributed by atoms with Crippen molar-refractivity contribution in [3.63, 3.8) is 0 Å². The van der Waals surface area contributed by atoms with Gasteiger partial charge in [-0.3, -0.25) is 4.55 Å². The van der Waals surface area contributed by atoms with Gasteiger partial charge in [-0.05, 0) is 0 Å². The van der Waals surface area contributed by atoms with Gasteiger partial charge in [-0.15, -0.1) is 0 Å². The molecule has 42 heteroatoms. The number of alkyl halides is 37. The van der Waals surface area contributed by atoms with Crippen LogP contribution < -0.4 is 0 Å². The first kappa shape index (κ1) is 59.3. The predicted molar refractivity (Wildman–Crippen MR) is 112 cm³/mol. The summed E-state index contributed by atoms with van der Waals surface area (Å²) in [6, 6.07) is 0. The monoisotopic (exact) mass is 1040 g/mol. The zero-order valence-corrected chi connectivity index (χ0v) is 27.2. The van der Waals surface area contributed by atoms with Crippen LogP contribution in [-0.4, -0.2) is 130 Å². The van der Waals surface area contributed by atoms with Gasteiger partial charge in [0.05, 0.1) is 6.42 Å². The van der Waals surface area contributed by atoms with E-state index in [1.54, 1.807) is 0 Å². The second kappa shape index (κ2) is 14.4. The number of hydrogen-bond donors (Lipinski definition) is 2. The van der Waals surface area contributed by atoms with Gasteiger partial charge in [-0.2, -0.15) is 171 Å². The maximum absolute atomic E-state index is 14.0. The van der Waals surface area contributed by atoms with Crippen molar-refractivity contribution in [1.82, 2.24) is 0 Å². The van der Waals surface area contributed by atoms with Gasteiger partial charge < -0.3 is 5.11 Å². The summed E-state index contributed by atoms with van der Waals surface area (Å²) in [6.45, 7) is 0. The van der Waals surface area contributed by atoms with Crippen molar-refractivity contribution in [3.8, 4) is 0 Å². The molecule has 0 rings (SSSR count). The van der Waals surface area contributed by atoms with Gasteiger partial charge in [0.1, 0.15) is 0 Å². The molecule has 0 aliphatic rings. The Hall–Kier alpha value is -2.72. The van der Waals surface area contributed by atoms with Crippen LogP contribution in [0, 0.1) is 0 Å². The molecule has 374 valence electrons. The molecular weight excluding hydrogens is 1040 g/mol. The minimum absolute atomic E-state index is 4.23. The molecule has 0 spiro atoms. The Morgan fingerprint density at radius 2 is 0.403 bits per heavy atom. The van der Waals surface area contributed by atoms with Crippen molar-refractivity contribution in [2.75, 3.05) is 0 Å². The van der Waals surface area contributed by atoms with Crippen LogP contribution in [0.25, 0.3) is 0 Å². The summed E-state index contributed by atoms with van der Waals surface area (Å²) < 4.78 is 532. The first-order valence-electron chi connectivity index (χ1n) is 13.0. The first-order chi connectivity index (χ1) is 25.9. The van der Waals surface area contributed by atoms with Gasteiger partial charge in [0.25, 0.3) is 10.1 Å². The molecule has 0 heterocycles. The highest BCUT2D eigenvalue weighted by molar-refractivity contribution is 7.86. The molecule has 0 aromatic heterocycles. The largest absolute Gasteiger partial charge is 0.460 e. The van der Waals surface area contributed by atoms with Crippen molar-refractivity contribution in [3.05, 3.63) is 0 Å². The molecule has 0 aliphatic heterocycles. The third-order valence-electron chi connectivity index (χ3n) is 7.51. The number of rotatable bonds is 19. The lowest BCUT2D eigenvalue weighted by Gasteiger charge is -2.47. The van der Waals surface area contributed by atoms with Gasteiger partial charge in [-0.25, -0.2) is 0 Å². The van der Waals surface area contributed by atoms with E-state index in [0.29, 0.717) is 0 Å². The van der Waals surface area contributed by atoms with Crippen LogP contribution in [0.3, 0.4) is 0 Å². The van der Waals surface area contributed by atoms with Crippen LogP contribution in [0.4, 0.5) is 162 Å². The number of aliphatic hydroxyl groups is 1. The molecule has 2 N–H and O–H groups in total. The number of halogens is 37. The van der Waals surface area contributed by atoms with Crippen molar-refractivity contribution in [1.29, 1.82) is 0 Å². The lowest BCUT2D eigenvalue weighted by molar-refractivity contribution is -0.493. The zero-order chi connectivity index (χ0) is 51.8. The maximum atomic E-state index is 14.0. The van der Waals surface area contributed by atoms with E-state index in [1.165, 1.54) is 0 Å². The summed E-state index contributed by atoms with van der Waals surface area (Å²) in [7, 11) is -6.73. The molecule has 0 aromatic carbocycles. The average Bonchev–Trinajstić information content (AvgIpc) is 3.01. The fourth-order valence-electron chi connectivity index (χ4n) is 3.62. The Labute approximate surface area is 310 Å². The van der Waals surface area contributed by atoms with E-state index in [-0.39, 0.29) is 0 Å². The lowest BCUT2D eigenvalue weighted by atomic mass is 9.82. The molecule has 0 radical (unpaired) electrons. The average molecular weight is 1040 g/mol. The lowest BCUT2D eigenvalue weighted by Crippen LogP contribution is -2.80. The molecular formula is C20H5F37O4S. The Balaban J connectivity index is 7.88. The van der Waals surface area contributed by atoms with Crippen LogP contribution in [0.15, 0.2) is 0 Å². The molecule has 0 saturated heterocycles. The fourth-order valence-corrected chi connectivity index (χ4v) is 4.04. The van der Waals surface area contributed by atoms with Gasteiger partial charge in [0, 0.05) is 0 Å². The van der Waals surface area contributed by atoms with Gasteiger partial charge in [0.2, 0.25) is 0 Å². The first-order valence-corrected chi connectivity index (χ1v) is 14.5. The quantitative estimate of drug-likeness (QED) is 0.0999. The van der Waals surface area contributed by atoms with Crippen molar-refractivity contribution in [2.45, 2.75) is 119 Å². The van der Waals surface area contributed by atoms with E-state index in [0.717, 1.165) is 0 Å². The highest BCUT2D eigenvalue weighted by Crippen LogP contribution is 2.70. The van der Waals surface area contributed by atoms with E-state index in [9.17, 15) is 171 Å². The van der Waals surface area contributed by atoms with Crippen LogP contribution in [0.1, 0.15) is 6.42 Å². The van der Waals surface area contributed by atoms with E-state index < -0.39 is 129 Å². The molecule has 0 aromatic rings. The third kappa shape index (κ3) is 6.98. The summed E-state index contributed by atoms with van der Waals surface area (Å²) in [5.41, 5.74) is -4.70. The highest BCUT2D eigenvalue weighted by atomic mass is 32.2. The van der Waals surface area contributed by atoms with E-state index in [1.807, 2.05) is 0 Å². The van der Waals surface area contributed by atoms with Gasteiger partial charge >= 0.3 is 107 Å². The van der Waals surface area contributed by atoms with E-state index >= 15 is 0 Å². The van der Waals surface area contributed by atoms with Crippen LogP contribution in [0.5, 0.6) is 0 Å². The molecule has 0 amide bonds. The summed E-state index contributed by atoms with van der Waals surface area (Å²) in [5, 5.41) is 8.52. The predicted octanol–water partition coefficient (Wildman–Crippen LogP) is 10.9. The normalized spacial score (nSPS) is 17.7. The van der Waals surface area contributed by atoms with Crippen LogP contribution in [-0.2, 0) is 10.1 Å². The zero-order valence-electron chi connectivity index (χ0n) is 26.4. The highest BCUT2D eigenvalue weighted by Gasteiger charge is 3.02. The smallest absolute Gasteiger partial charge is 0.375 e. The summed E-state index contributed by atoms with van der Waals surface area (Å²) in [5.74, 6) is -168. The standard InChI is InChI=1S/C20H5F37O4S/c21-3(22,1-2(58)62(59,60)61)4(23,24)5(25,26)6(27,28)7(29,30)8(31,32)9(33,34)10(35,36)11(37,38)12(39,40)13(41,42)14(43,44)15(45,46)16(47,48)17(49,50)18(51,52)19(53,54)20(55,56)57/h2,58H,1H2,(H,59,60,61). The maximum Gasteiger partial charge on any atom is 0.460 e. The van der Waals surface area contributed by atoms with Crippen molar-refractivity contribution < 1.29 is 181 Å². The minimum Gasteiger partial charge on any atom is -0.375 e. The summed E-state index contributed by atoms with van der Waals surface area (Å²) in [4.78, 5) is 0. The second-order valence-electron chi connectivity index (χ2n) is 11.6. The van der Waals surface area contributed by atoms with E-state index in [2.05, 4.69) is 0 Å². The SMILES string of the molecule is O=S(=O)(O)C(O)CC(F)(F)C(F)(F)C(F)(F)C(F)(F)C(F)(F)C(F)(F)C(F)(F)C(F)(F)C(F)(F)C(F)(F)C(F)(F)C(F)(F)C(F)(F)C(F)(F)C(F)(F)C(F)(F)C(F)(F)C(F)(F)F. The Bertz CT molecular complexity index is 1750. The number of hydrogen-bond acceptors (Lipinski definition) is 3. The fraction of sp³-hybridized carbons (Fsp3) is 1.00. The molecule has 62 heavy (non-hydrogen) atoms. The van der Waals surface area contributed by atoms with Crippen LogP contribution >= 0.6 is 0 Å². The molecule has 0 saturated carbocycles. The molecule has 1 atom stereocenters. The minimum atomic E-state index is -10.5. The molecule has 0 bridgehead atoms. The Morgan fingerprint density at radius 3 is 0.532 bits per heavy atom. The topological polar surface area (TPSA) is 74.6 Å². The molecule has 0 aliphatic carbocycles. The van der Waals surface area contributed by atoms with Crippen molar-refractivity contribution >= 4 is 10.1 Å². The van der Waals surface area contributed by atoms with E-state index in [4.69, 9.17) is 9.66 Å².